The smallest absolute Gasteiger partial charge is 0.269 e. The Hall–Kier alpha value is -2.17. The van der Waals surface area contributed by atoms with Gasteiger partial charge in [-0.25, -0.2) is 4.68 Å². The molecule has 3 rings (SSSR count). The van der Waals surface area contributed by atoms with Crippen molar-refractivity contribution in [2.24, 2.45) is 0 Å². The van der Waals surface area contributed by atoms with Gasteiger partial charge in [-0.3, -0.25) is 9.78 Å². The molecule has 1 aliphatic carbocycles. The van der Waals surface area contributed by atoms with Crippen LogP contribution in [-0.4, -0.2) is 20.8 Å². The van der Waals surface area contributed by atoms with E-state index in [1.165, 1.54) is 23.9 Å². The summed E-state index contributed by atoms with van der Waals surface area (Å²) in [5, 5.41) is 7.54. The topological polar surface area (TPSA) is 59.8 Å². The molecule has 1 aliphatic rings. The number of rotatable bonds is 4. The zero-order chi connectivity index (χ0) is 13.9. The zero-order valence-electron chi connectivity index (χ0n) is 11.5. The summed E-state index contributed by atoms with van der Waals surface area (Å²) in [4.78, 5) is 16.4. The van der Waals surface area contributed by atoms with E-state index in [1.807, 2.05) is 25.1 Å². The van der Waals surface area contributed by atoms with Crippen molar-refractivity contribution >= 4 is 5.69 Å². The summed E-state index contributed by atoms with van der Waals surface area (Å²) in [6, 6.07) is 7.90. The molecule has 2 aromatic rings. The molecule has 0 spiro atoms. The molecule has 2 aromatic heterocycles. The SMILES string of the molecule is Cc1cccc(Cn2ncc(NC3CCC3)cc2=O)n1. The van der Waals surface area contributed by atoms with Gasteiger partial charge in [-0.2, -0.15) is 5.10 Å². The van der Waals surface area contributed by atoms with Crippen LogP contribution in [0, 0.1) is 6.92 Å². The number of anilines is 1. The fourth-order valence-corrected chi connectivity index (χ4v) is 2.26. The van der Waals surface area contributed by atoms with Crippen molar-refractivity contribution in [3.63, 3.8) is 0 Å². The van der Waals surface area contributed by atoms with Gasteiger partial charge in [-0.15, -0.1) is 0 Å². The summed E-state index contributed by atoms with van der Waals surface area (Å²) >= 11 is 0. The van der Waals surface area contributed by atoms with Gasteiger partial charge in [-0.1, -0.05) is 6.07 Å². The third-order valence-electron chi connectivity index (χ3n) is 3.60. The van der Waals surface area contributed by atoms with Gasteiger partial charge < -0.3 is 5.32 Å². The van der Waals surface area contributed by atoms with Gasteiger partial charge in [0.2, 0.25) is 0 Å². The minimum absolute atomic E-state index is 0.0994. The molecule has 2 heterocycles. The molecule has 20 heavy (non-hydrogen) atoms. The second-order valence-electron chi connectivity index (χ2n) is 5.28. The highest BCUT2D eigenvalue weighted by atomic mass is 16.1. The van der Waals surface area contributed by atoms with Gasteiger partial charge in [-0.05, 0) is 38.3 Å². The Morgan fingerprint density at radius 3 is 2.90 bits per heavy atom. The molecule has 5 heteroatoms. The number of nitrogens with one attached hydrogen (secondary N) is 1. The lowest BCUT2D eigenvalue weighted by molar-refractivity contribution is 0.445. The van der Waals surface area contributed by atoms with Crippen LogP contribution in [0.4, 0.5) is 5.69 Å². The molecule has 0 aliphatic heterocycles. The lowest BCUT2D eigenvalue weighted by atomic mass is 9.93. The van der Waals surface area contributed by atoms with Gasteiger partial charge in [0.25, 0.3) is 5.56 Å². The van der Waals surface area contributed by atoms with Crippen LogP contribution in [0.15, 0.2) is 35.3 Å². The molecule has 1 saturated carbocycles. The summed E-state index contributed by atoms with van der Waals surface area (Å²) < 4.78 is 1.44. The van der Waals surface area contributed by atoms with E-state index in [-0.39, 0.29) is 5.56 Å². The number of nitrogens with zero attached hydrogens (tertiary/aromatic N) is 3. The average Bonchev–Trinajstić information content (AvgIpc) is 2.37. The van der Waals surface area contributed by atoms with Gasteiger partial charge in [0.05, 0.1) is 24.1 Å². The van der Waals surface area contributed by atoms with Gasteiger partial charge in [0, 0.05) is 17.8 Å². The summed E-state index contributed by atoms with van der Waals surface area (Å²) in [5.41, 5.74) is 2.50. The van der Waals surface area contributed by atoms with Crippen LogP contribution < -0.4 is 10.9 Å². The minimum Gasteiger partial charge on any atom is -0.381 e. The standard InChI is InChI=1S/C15H18N4O/c1-11-4-2-7-13(17-11)10-19-15(20)8-14(9-16-19)18-12-5-3-6-12/h2,4,7-9,12,18H,3,5-6,10H2,1H3. The van der Waals surface area contributed by atoms with E-state index >= 15 is 0 Å². The highest BCUT2D eigenvalue weighted by Gasteiger charge is 2.17. The number of aromatic nitrogens is 3. The second kappa shape index (κ2) is 5.45. The zero-order valence-corrected chi connectivity index (χ0v) is 11.5. The van der Waals surface area contributed by atoms with Crippen LogP contribution >= 0.6 is 0 Å². The lowest BCUT2D eigenvalue weighted by Crippen LogP contribution is -2.29. The fourth-order valence-electron chi connectivity index (χ4n) is 2.26. The molecule has 0 unspecified atom stereocenters. The summed E-state index contributed by atoms with van der Waals surface area (Å²) in [5.74, 6) is 0. The van der Waals surface area contributed by atoms with Crippen molar-refractivity contribution in [3.8, 4) is 0 Å². The van der Waals surface area contributed by atoms with Crippen LogP contribution in [0.2, 0.25) is 0 Å². The van der Waals surface area contributed by atoms with Crippen molar-refractivity contribution in [1.82, 2.24) is 14.8 Å². The van der Waals surface area contributed by atoms with Crippen molar-refractivity contribution in [2.45, 2.75) is 38.8 Å². The Kier molecular flexibility index (Phi) is 3.50. The van der Waals surface area contributed by atoms with E-state index in [0.717, 1.165) is 17.1 Å². The van der Waals surface area contributed by atoms with Crippen LogP contribution in [0.1, 0.15) is 30.7 Å². The Morgan fingerprint density at radius 2 is 2.25 bits per heavy atom. The molecule has 0 radical (unpaired) electrons. The van der Waals surface area contributed by atoms with Gasteiger partial charge in [0.1, 0.15) is 0 Å². The van der Waals surface area contributed by atoms with Crippen LogP contribution in [0.3, 0.4) is 0 Å². The van der Waals surface area contributed by atoms with E-state index in [2.05, 4.69) is 15.4 Å². The molecular weight excluding hydrogens is 252 g/mol. The highest BCUT2D eigenvalue weighted by molar-refractivity contribution is 5.40. The van der Waals surface area contributed by atoms with E-state index in [9.17, 15) is 4.79 Å². The largest absolute Gasteiger partial charge is 0.381 e. The highest BCUT2D eigenvalue weighted by Crippen LogP contribution is 2.21. The maximum atomic E-state index is 12.0. The maximum absolute atomic E-state index is 12.0. The van der Waals surface area contributed by atoms with E-state index in [4.69, 9.17) is 0 Å². The van der Waals surface area contributed by atoms with Gasteiger partial charge in [0.15, 0.2) is 0 Å². The molecule has 0 amide bonds. The predicted octanol–water partition coefficient (Wildman–Crippen LogP) is 1.96. The molecule has 0 atom stereocenters. The number of hydrogen-bond acceptors (Lipinski definition) is 4. The Labute approximate surface area is 117 Å². The van der Waals surface area contributed by atoms with Crippen LogP contribution in [-0.2, 0) is 6.54 Å². The Balaban J connectivity index is 1.75. The molecule has 0 aromatic carbocycles. The van der Waals surface area contributed by atoms with Crippen molar-refractivity contribution in [1.29, 1.82) is 0 Å². The molecular formula is C15H18N4O. The Bertz CT molecular complexity index is 661. The third-order valence-corrected chi connectivity index (χ3v) is 3.60. The predicted molar refractivity (Wildman–Crippen MR) is 77.8 cm³/mol. The number of aryl methyl sites for hydroxylation is 1. The first-order chi connectivity index (χ1) is 9.70. The first-order valence-corrected chi connectivity index (χ1v) is 6.97. The molecule has 0 bridgehead atoms. The first kappa shape index (κ1) is 12.8. The average molecular weight is 270 g/mol. The normalized spacial score (nSPS) is 14.8. The molecule has 1 fully saturated rings. The van der Waals surface area contributed by atoms with E-state index < -0.39 is 0 Å². The van der Waals surface area contributed by atoms with Crippen molar-refractivity contribution in [3.05, 3.63) is 52.2 Å². The second-order valence-corrected chi connectivity index (χ2v) is 5.28. The molecule has 5 nitrogen and oxygen atoms in total. The Morgan fingerprint density at radius 1 is 1.40 bits per heavy atom. The summed E-state index contributed by atoms with van der Waals surface area (Å²) in [6.07, 6.45) is 5.34. The van der Waals surface area contributed by atoms with Crippen molar-refractivity contribution in [2.75, 3.05) is 5.32 Å². The van der Waals surface area contributed by atoms with Crippen LogP contribution in [0.5, 0.6) is 0 Å². The first-order valence-electron chi connectivity index (χ1n) is 6.97. The fraction of sp³-hybridized carbons (Fsp3) is 0.400. The lowest BCUT2D eigenvalue weighted by Gasteiger charge is -2.27. The van der Waals surface area contributed by atoms with E-state index in [1.54, 1.807) is 12.3 Å². The van der Waals surface area contributed by atoms with E-state index in [0.29, 0.717) is 12.6 Å². The molecule has 0 saturated heterocycles. The number of pyridine rings is 1. The summed E-state index contributed by atoms with van der Waals surface area (Å²) in [6.45, 7) is 2.34. The monoisotopic (exact) mass is 270 g/mol. The van der Waals surface area contributed by atoms with Crippen LogP contribution in [0.25, 0.3) is 0 Å². The minimum atomic E-state index is -0.0994. The third kappa shape index (κ3) is 2.87. The maximum Gasteiger partial charge on any atom is 0.269 e. The molecule has 104 valence electrons. The quantitative estimate of drug-likeness (QED) is 0.922. The molecule has 1 N–H and O–H groups in total. The van der Waals surface area contributed by atoms with Gasteiger partial charge >= 0.3 is 0 Å². The van der Waals surface area contributed by atoms with Crippen molar-refractivity contribution < 1.29 is 0 Å². The number of hydrogen-bond donors (Lipinski definition) is 1. The summed E-state index contributed by atoms with van der Waals surface area (Å²) in [7, 11) is 0.